The second-order valence-corrected chi connectivity index (χ2v) is 6.71. The predicted molar refractivity (Wildman–Crippen MR) is 88.0 cm³/mol. The largest absolute Gasteiger partial charge is 0.398 e. The molecular weight excluding hydrogens is 306 g/mol. The molecule has 114 valence electrons. The van der Waals surface area contributed by atoms with Crippen molar-refractivity contribution >= 4 is 28.1 Å². The molecule has 4 nitrogen and oxygen atoms in total. The molecule has 0 radical (unpaired) electrons. The van der Waals surface area contributed by atoms with Gasteiger partial charge in [-0.15, -0.1) is 0 Å². The van der Waals surface area contributed by atoms with Gasteiger partial charge >= 0.3 is 0 Å². The number of aryl methyl sites for hydroxylation is 3. The van der Waals surface area contributed by atoms with Gasteiger partial charge in [-0.1, -0.05) is 24.6 Å². The zero-order chi connectivity index (χ0) is 15.6. The zero-order valence-corrected chi connectivity index (χ0v) is 14.1. The van der Waals surface area contributed by atoms with Crippen LogP contribution in [0.5, 0.6) is 0 Å². The second-order valence-electron chi connectivity index (χ2n) is 4.91. The highest BCUT2D eigenvalue weighted by atomic mass is 35.5. The Balaban J connectivity index is 2.35. The van der Waals surface area contributed by atoms with Crippen LogP contribution in [0.2, 0.25) is 5.02 Å². The van der Waals surface area contributed by atoms with Crippen LogP contribution < -0.4 is 5.73 Å². The van der Waals surface area contributed by atoms with Crippen molar-refractivity contribution in [2.75, 3.05) is 5.73 Å². The third-order valence-corrected chi connectivity index (χ3v) is 5.19. The number of anilines is 1. The number of hydrogen-bond acceptors (Lipinski definition) is 3. The van der Waals surface area contributed by atoms with E-state index in [1.165, 1.54) is 0 Å². The molecule has 1 atom stereocenters. The lowest BCUT2D eigenvalue weighted by molar-refractivity contribution is 0.623. The molecule has 0 aliphatic heterocycles. The van der Waals surface area contributed by atoms with E-state index < -0.39 is 10.8 Å². The average Bonchev–Trinajstić information content (AvgIpc) is 2.77. The Bertz CT molecular complexity index is 682. The lowest BCUT2D eigenvalue weighted by Crippen LogP contribution is -2.08. The van der Waals surface area contributed by atoms with Crippen molar-refractivity contribution in [1.82, 2.24) is 9.78 Å². The van der Waals surface area contributed by atoms with Crippen LogP contribution in [0.25, 0.3) is 0 Å². The van der Waals surface area contributed by atoms with E-state index in [-0.39, 0.29) is 0 Å². The summed E-state index contributed by atoms with van der Waals surface area (Å²) in [6.45, 7) is 6.66. The third kappa shape index (κ3) is 3.30. The first-order chi connectivity index (χ1) is 9.97. The van der Waals surface area contributed by atoms with Gasteiger partial charge in [0.05, 0.1) is 37.9 Å². The minimum Gasteiger partial charge on any atom is -0.398 e. The van der Waals surface area contributed by atoms with Crippen molar-refractivity contribution in [2.24, 2.45) is 0 Å². The minimum atomic E-state index is -1.24. The number of nitrogen functional groups attached to an aromatic ring is 1. The molecule has 0 fully saturated rings. The van der Waals surface area contributed by atoms with Gasteiger partial charge in [-0.25, -0.2) is 0 Å². The van der Waals surface area contributed by atoms with Crippen molar-refractivity contribution < 1.29 is 4.21 Å². The van der Waals surface area contributed by atoms with Crippen LogP contribution >= 0.6 is 11.6 Å². The minimum absolute atomic E-state index is 0.327. The van der Waals surface area contributed by atoms with Gasteiger partial charge in [0.1, 0.15) is 0 Å². The molecule has 0 aliphatic carbocycles. The SMILES string of the molecule is CCc1nn(CC)c(CS(=O)c2cc(C)ccc2N)c1Cl. The molecule has 1 aromatic carbocycles. The smallest absolute Gasteiger partial charge is 0.0859 e. The number of nitrogens with two attached hydrogens (primary N) is 1. The van der Waals surface area contributed by atoms with Crippen molar-refractivity contribution in [3.63, 3.8) is 0 Å². The fourth-order valence-electron chi connectivity index (χ4n) is 2.20. The summed E-state index contributed by atoms with van der Waals surface area (Å²) in [6.07, 6.45) is 0.762. The highest BCUT2D eigenvalue weighted by molar-refractivity contribution is 7.84. The Kier molecular flexibility index (Phi) is 5.06. The van der Waals surface area contributed by atoms with Gasteiger partial charge in [-0.05, 0) is 38.0 Å². The van der Waals surface area contributed by atoms with Crippen LogP contribution in [0.15, 0.2) is 23.1 Å². The van der Waals surface area contributed by atoms with E-state index in [1.807, 2.05) is 37.6 Å². The molecule has 0 amide bonds. The number of nitrogens with zero attached hydrogens (tertiary/aromatic N) is 2. The molecule has 6 heteroatoms. The molecule has 0 spiro atoms. The van der Waals surface area contributed by atoms with Gasteiger partial charge in [-0.2, -0.15) is 5.10 Å². The molecule has 1 heterocycles. The van der Waals surface area contributed by atoms with Crippen molar-refractivity contribution in [3.8, 4) is 0 Å². The Morgan fingerprint density at radius 2 is 2.10 bits per heavy atom. The van der Waals surface area contributed by atoms with Crippen LogP contribution in [-0.2, 0) is 29.5 Å². The van der Waals surface area contributed by atoms with Crippen LogP contribution in [0.4, 0.5) is 5.69 Å². The molecule has 0 aliphatic rings. The first-order valence-electron chi connectivity index (χ1n) is 6.96. The number of rotatable bonds is 5. The fourth-order valence-corrected chi connectivity index (χ4v) is 3.96. The first-order valence-corrected chi connectivity index (χ1v) is 8.66. The number of halogens is 1. The number of aromatic nitrogens is 2. The van der Waals surface area contributed by atoms with Gasteiger partial charge in [0, 0.05) is 12.2 Å². The monoisotopic (exact) mass is 325 g/mol. The maximum Gasteiger partial charge on any atom is 0.0859 e. The van der Waals surface area contributed by atoms with Gasteiger partial charge in [0.15, 0.2) is 0 Å². The predicted octanol–water partition coefficient (Wildman–Crippen LogP) is 3.32. The Morgan fingerprint density at radius 1 is 1.38 bits per heavy atom. The Hall–Kier alpha value is -1.33. The Labute approximate surface area is 132 Å². The third-order valence-electron chi connectivity index (χ3n) is 3.38. The van der Waals surface area contributed by atoms with Crippen LogP contribution in [0.1, 0.15) is 30.8 Å². The molecule has 0 saturated heterocycles. The van der Waals surface area contributed by atoms with Gasteiger partial charge in [0.25, 0.3) is 0 Å². The fraction of sp³-hybridized carbons (Fsp3) is 0.400. The lowest BCUT2D eigenvalue weighted by atomic mass is 10.2. The van der Waals surface area contributed by atoms with Crippen LogP contribution in [-0.4, -0.2) is 14.0 Å². The standard InChI is InChI=1S/C15H20ClN3OS/c1-4-12-15(16)13(19(5-2)18-12)9-21(20)14-8-10(3)6-7-11(14)17/h6-8H,4-5,9,17H2,1-3H3. The molecule has 1 unspecified atom stereocenters. The molecule has 0 saturated carbocycles. The van der Waals surface area contributed by atoms with E-state index in [9.17, 15) is 4.21 Å². The van der Waals surface area contributed by atoms with Crippen LogP contribution in [0.3, 0.4) is 0 Å². The van der Waals surface area contributed by atoms with Crippen molar-refractivity contribution in [2.45, 2.75) is 44.4 Å². The van der Waals surface area contributed by atoms with Crippen molar-refractivity contribution in [3.05, 3.63) is 40.2 Å². The zero-order valence-electron chi connectivity index (χ0n) is 12.5. The summed E-state index contributed by atoms with van der Waals surface area (Å²) in [7, 11) is -1.24. The molecule has 0 bridgehead atoms. The molecular formula is C15H20ClN3OS. The normalized spacial score (nSPS) is 12.6. The summed E-state index contributed by atoms with van der Waals surface area (Å²) >= 11 is 6.36. The van der Waals surface area contributed by atoms with E-state index in [2.05, 4.69) is 5.10 Å². The molecule has 21 heavy (non-hydrogen) atoms. The van der Waals surface area contributed by atoms with Gasteiger partial charge in [0.2, 0.25) is 0 Å². The molecule has 2 aromatic rings. The highest BCUT2D eigenvalue weighted by Crippen LogP contribution is 2.26. The quantitative estimate of drug-likeness (QED) is 0.858. The van der Waals surface area contributed by atoms with E-state index in [0.717, 1.165) is 23.4 Å². The van der Waals surface area contributed by atoms with Crippen LogP contribution in [0, 0.1) is 6.92 Å². The molecule has 1 aromatic heterocycles. The summed E-state index contributed by atoms with van der Waals surface area (Å²) < 4.78 is 14.5. The maximum absolute atomic E-state index is 12.6. The van der Waals surface area contributed by atoms with Gasteiger partial charge in [-0.3, -0.25) is 8.89 Å². The summed E-state index contributed by atoms with van der Waals surface area (Å²) in [5.74, 6) is 0.327. The highest BCUT2D eigenvalue weighted by Gasteiger charge is 2.18. The molecule has 2 N–H and O–H groups in total. The summed E-state index contributed by atoms with van der Waals surface area (Å²) in [6, 6.07) is 5.57. The summed E-state index contributed by atoms with van der Waals surface area (Å²) in [4.78, 5) is 0.660. The summed E-state index contributed by atoms with van der Waals surface area (Å²) in [5, 5.41) is 5.08. The number of benzene rings is 1. The van der Waals surface area contributed by atoms with E-state index in [4.69, 9.17) is 17.3 Å². The van der Waals surface area contributed by atoms with Gasteiger partial charge < -0.3 is 5.73 Å². The first kappa shape index (κ1) is 16.0. The lowest BCUT2D eigenvalue weighted by Gasteiger charge is -2.08. The van der Waals surface area contributed by atoms with Crippen molar-refractivity contribution in [1.29, 1.82) is 0 Å². The Morgan fingerprint density at radius 3 is 2.71 bits per heavy atom. The van der Waals surface area contributed by atoms with E-state index in [0.29, 0.717) is 27.9 Å². The summed E-state index contributed by atoms with van der Waals surface area (Å²) in [5.41, 5.74) is 9.19. The number of hydrogen-bond donors (Lipinski definition) is 1. The average molecular weight is 326 g/mol. The molecule has 2 rings (SSSR count). The maximum atomic E-state index is 12.6. The van der Waals surface area contributed by atoms with E-state index in [1.54, 1.807) is 6.07 Å². The van der Waals surface area contributed by atoms with E-state index >= 15 is 0 Å². The topological polar surface area (TPSA) is 60.9 Å². The second kappa shape index (κ2) is 6.62.